The van der Waals surface area contributed by atoms with Crippen molar-refractivity contribution >= 4 is 50.3 Å². The van der Waals surface area contributed by atoms with Crippen molar-refractivity contribution in [1.82, 2.24) is 0 Å². The number of halogens is 9. The predicted molar refractivity (Wildman–Crippen MR) is 71.7 cm³/mol. The molecule has 10 heteroatoms. The Labute approximate surface area is 137 Å². The SMILES string of the molecule is Fc1cc(F)c2c(F)c(F)c(F)c(F)c2c1F.[I][Zn][I]. The van der Waals surface area contributed by atoms with Crippen LogP contribution in [0.15, 0.2) is 6.07 Å². The zero-order valence-corrected chi connectivity index (χ0v) is 16.5. The molecule has 0 saturated carbocycles. The van der Waals surface area contributed by atoms with E-state index in [-0.39, 0.29) is 16.2 Å². The zero-order chi connectivity index (χ0) is 15.6. The summed E-state index contributed by atoms with van der Waals surface area (Å²) in [5.74, 6) is -14.5. The molecule has 2 aromatic carbocycles. The quantitative estimate of drug-likeness (QED) is 0.127. The molecule has 0 radical (unpaired) electrons. The minimum atomic E-state index is -2.33. The molecule has 0 spiro atoms. The number of fused-ring (bicyclic) bond motifs is 1. The summed E-state index contributed by atoms with van der Waals surface area (Å²) in [6.07, 6.45) is 0. The van der Waals surface area contributed by atoms with Gasteiger partial charge in [-0.15, -0.1) is 0 Å². The van der Waals surface area contributed by atoms with Gasteiger partial charge in [0.05, 0.1) is 10.8 Å². The summed E-state index contributed by atoms with van der Waals surface area (Å²) in [7, 11) is 0.0650. The Morgan fingerprint density at radius 1 is 0.600 bits per heavy atom. The van der Waals surface area contributed by atoms with Crippen molar-refractivity contribution in [3.63, 3.8) is 0 Å². The normalized spacial score (nSPS) is 10.1. The molecule has 0 nitrogen and oxygen atoms in total. The summed E-state index contributed by atoms with van der Waals surface area (Å²) in [6, 6.07) is -0.0858. The molecule has 20 heavy (non-hydrogen) atoms. The van der Waals surface area contributed by atoms with Gasteiger partial charge in [0.1, 0.15) is 5.82 Å². The molecule has 0 heterocycles. The summed E-state index contributed by atoms with van der Waals surface area (Å²) >= 11 is 4.93. The van der Waals surface area contributed by atoms with Gasteiger partial charge >= 0.3 is 49.6 Å². The van der Waals surface area contributed by atoms with Gasteiger partial charge in [-0.1, -0.05) is 0 Å². The average Bonchev–Trinajstić information content (AvgIpc) is 2.38. The number of benzene rings is 2. The molecule has 0 atom stereocenters. The first-order valence-electron chi connectivity index (χ1n) is 4.68. The topological polar surface area (TPSA) is 0 Å². The van der Waals surface area contributed by atoms with E-state index in [0.29, 0.717) is 0 Å². The van der Waals surface area contributed by atoms with Crippen molar-refractivity contribution in [1.29, 1.82) is 0 Å². The van der Waals surface area contributed by atoms with Crippen molar-refractivity contribution < 1.29 is 40.8 Å². The first-order chi connectivity index (χ1) is 9.27. The molecule has 0 bridgehead atoms. The van der Waals surface area contributed by atoms with E-state index in [2.05, 4.69) is 39.5 Å². The molecule has 2 aromatic rings. The molecular formula is C10HF7I2Zn. The van der Waals surface area contributed by atoms with Crippen LogP contribution < -0.4 is 0 Å². The summed E-state index contributed by atoms with van der Waals surface area (Å²) in [5, 5.41) is -3.07. The van der Waals surface area contributed by atoms with E-state index in [9.17, 15) is 30.7 Å². The van der Waals surface area contributed by atoms with E-state index in [1.807, 2.05) is 0 Å². The summed E-state index contributed by atoms with van der Waals surface area (Å²) in [6.45, 7) is 0. The van der Waals surface area contributed by atoms with Gasteiger partial charge in [-0.2, -0.15) is 0 Å². The average molecular weight is 573 g/mol. The van der Waals surface area contributed by atoms with Crippen LogP contribution in [0.4, 0.5) is 30.7 Å². The van der Waals surface area contributed by atoms with Crippen molar-refractivity contribution in [2.75, 3.05) is 0 Å². The Hall–Kier alpha value is 0.293. The van der Waals surface area contributed by atoms with Gasteiger partial charge in [0.15, 0.2) is 34.9 Å². The molecule has 0 aromatic heterocycles. The van der Waals surface area contributed by atoms with Gasteiger partial charge in [-0.05, 0) is 0 Å². The second-order valence-corrected chi connectivity index (χ2v) is 26.8. The summed E-state index contributed by atoms with van der Waals surface area (Å²) in [4.78, 5) is 0. The number of hydrogen-bond donors (Lipinski definition) is 0. The standard InChI is InChI=1S/C10HF7.2HI.Zn/c11-2-1-3(12)6(13)5-4(2)7(14)9(16)10(17)8(5)15;;;/h1H;2*1H;/q;;;+2/p-2. The van der Waals surface area contributed by atoms with Crippen LogP contribution in [0.25, 0.3) is 10.8 Å². The molecule has 0 aliphatic rings. The molecule has 0 saturated heterocycles. The van der Waals surface area contributed by atoms with E-state index in [0.717, 1.165) is 0 Å². The van der Waals surface area contributed by atoms with Gasteiger partial charge in [0.2, 0.25) is 0 Å². The van der Waals surface area contributed by atoms with Crippen LogP contribution in [0.1, 0.15) is 0 Å². The third kappa shape index (κ3) is 3.37. The molecule has 0 aliphatic carbocycles. The fourth-order valence-corrected chi connectivity index (χ4v) is 1.43. The maximum atomic E-state index is 13.1. The van der Waals surface area contributed by atoms with E-state index in [1.54, 1.807) is 0 Å². The molecule has 0 N–H and O–H groups in total. The zero-order valence-electron chi connectivity index (χ0n) is 9.19. The van der Waals surface area contributed by atoms with E-state index in [1.165, 1.54) is 0 Å². The summed E-state index contributed by atoms with van der Waals surface area (Å²) < 4.78 is 90.6. The van der Waals surface area contributed by atoms with Crippen LogP contribution in [-0.4, -0.2) is 0 Å². The monoisotopic (exact) mass is 572 g/mol. The molecule has 0 aliphatic heterocycles. The number of hydrogen-bond acceptors (Lipinski definition) is 0. The van der Waals surface area contributed by atoms with Gasteiger partial charge in [-0.25, -0.2) is 30.7 Å². The second-order valence-electron chi connectivity index (χ2n) is 3.26. The summed E-state index contributed by atoms with van der Waals surface area (Å²) in [5.41, 5.74) is 0. The predicted octanol–water partition coefficient (Wildman–Crippen LogP) is 5.58. The second kappa shape index (κ2) is 7.52. The fraction of sp³-hybridized carbons (Fsp3) is 0. The molecular weight excluding hydrogens is 572 g/mol. The van der Waals surface area contributed by atoms with Gasteiger partial charge < -0.3 is 0 Å². The van der Waals surface area contributed by atoms with E-state index in [4.69, 9.17) is 0 Å². The van der Waals surface area contributed by atoms with Crippen LogP contribution in [-0.2, 0) is 10.1 Å². The molecule has 0 fully saturated rings. The maximum absolute atomic E-state index is 13.1. The van der Waals surface area contributed by atoms with Crippen molar-refractivity contribution in [2.45, 2.75) is 0 Å². The Kier molecular flexibility index (Phi) is 6.90. The third-order valence-corrected chi connectivity index (χ3v) is 2.19. The fourth-order valence-electron chi connectivity index (χ4n) is 1.43. The molecule has 0 amide bonds. The van der Waals surface area contributed by atoms with Crippen molar-refractivity contribution in [2.24, 2.45) is 0 Å². The Balaban J connectivity index is 0.000000612. The van der Waals surface area contributed by atoms with Crippen LogP contribution in [0.2, 0.25) is 0 Å². The number of rotatable bonds is 0. The van der Waals surface area contributed by atoms with Crippen molar-refractivity contribution in [3.8, 4) is 0 Å². The Morgan fingerprint density at radius 2 is 1.00 bits per heavy atom. The van der Waals surface area contributed by atoms with Gasteiger partial charge in [0, 0.05) is 6.07 Å². The van der Waals surface area contributed by atoms with Crippen LogP contribution in [0.3, 0.4) is 0 Å². The van der Waals surface area contributed by atoms with Crippen LogP contribution in [0, 0.1) is 40.7 Å². The minimum absolute atomic E-state index is 0.0650. The first-order valence-corrected chi connectivity index (χ1v) is 22.8. The molecule has 106 valence electrons. The van der Waals surface area contributed by atoms with E-state index < -0.39 is 51.5 Å². The van der Waals surface area contributed by atoms with E-state index >= 15 is 0 Å². The third-order valence-electron chi connectivity index (χ3n) is 2.19. The molecule has 2 rings (SSSR count). The van der Waals surface area contributed by atoms with Gasteiger partial charge in [0.25, 0.3) is 0 Å². The Bertz CT molecular complexity index is 662. The van der Waals surface area contributed by atoms with Crippen molar-refractivity contribution in [3.05, 3.63) is 46.8 Å². The first kappa shape index (κ1) is 18.3. The Morgan fingerprint density at radius 3 is 1.45 bits per heavy atom. The van der Waals surface area contributed by atoms with Crippen LogP contribution >= 0.6 is 39.5 Å². The van der Waals surface area contributed by atoms with Crippen LogP contribution in [0.5, 0.6) is 0 Å². The van der Waals surface area contributed by atoms with Gasteiger partial charge in [-0.3, -0.25) is 0 Å². The molecule has 0 unspecified atom stereocenters.